The molecular formula is C16H15N3O5. The molecule has 0 bridgehead atoms. The van der Waals surface area contributed by atoms with Crippen molar-refractivity contribution in [3.05, 3.63) is 54.0 Å². The molecule has 0 saturated heterocycles. The second-order valence-electron chi connectivity index (χ2n) is 5.12. The zero-order valence-corrected chi connectivity index (χ0v) is 12.6. The molecule has 124 valence electrons. The molecule has 1 aromatic heterocycles. The van der Waals surface area contributed by atoms with Crippen LogP contribution in [0.1, 0.15) is 11.3 Å². The molecule has 1 atom stereocenters. The first-order valence-electron chi connectivity index (χ1n) is 7.28. The molecule has 24 heavy (non-hydrogen) atoms. The van der Waals surface area contributed by atoms with Gasteiger partial charge in [0.15, 0.2) is 6.10 Å². The summed E-state index contributed by atoms with van der Waals surface area (Å²) in [5, 5.41) is 2.36. The third kappa shape index (κ3) is 3.54. The highest BCUT2D eigenvalue weighted by molar-refractivity contribution is 6.35. The second-order valence-corrected chi connectivity index (χ2v) is 5.12. The largest absolute Gasteiger partial charge is 0.480 e. The topological polar surface area (TPSA) is 110 Å². The van der Waals surface area contributed by atoms with Crippen molar-refractivity contribution in [1.29, 1.82) is 0 Å². The number of benzene rings is 1. The van der Waals surface area contributed by atoms with Crippen LogP contribution >= 0.6 is 0 Å². The summed E-state index contributed by atoms with van der Waals surface area (Å²) < 4.78 is 10.5. The van der Waals surface area contributed by atoms with Crippen LogP contribution in [0.15, 0.2) is 47.1 Å². The number of furan rings is 1. The molecule has 0 fully saturated rings. The van der Waals surface area contributed by atoms with Gasteiger partial charge in [-0.2, -0.15) is 0 Å². The van der Waals surface area contributed by atoms with E-state index in [4.69, 9.17) is 9.15 Å². The highest BCUT2D eigenvalue weighted by atomic mass is 16.5. The minimum absolute atomic E-state index is 0.0776. The fraction of sp³-hybridized carbons (Fsp3) is 0.188. The number of ether oxygens (including phenoxy) is 1. The summed E-state index contributed by atoms with van der Waals surface area (Å²) >= 11 is 0. The summed E-state index contributed by atoms with van der Waals surface area (Å²) in [7, 11) is 0. The van der Waals surface area contributed by atoms with Gasteiger partial charge >= 0.3 is 11.8 Å². The zero-order chi connectivity index (χ0) is 16.9. The summed E-state index contributed by atoms with van der Waals surface area (Å²) in [4.78, 5) is 35.2. The fourth-order valence-electron chi connectivity index (χ4n) is 2.24. The molecule has 2 heterocycles. The monoisotopic (exact) mass is 329 g/mol. The van der Waals surface area contributed by atoms with Gasteiger partial charge < -0.3 is 14.5 Å². The lowest BCUT2D eigenvalue weighted by Crippen LogP contribution is -2.51. The van der Waals surface area contributed by atoms with Crippen molar-refractivity contribution < 1.29 is 23.5 Å². The van der Waals surface area contributed by atoms with Crippen LogP contribution in [0.4, 0.5) is 0 Å². The number of rotatable bonds is 3. The van der Waals surface area contributed by atoms with Crippen molar-refractivity contribution in [2.75, 3.05) is 0 Å². The maximum Gasteiger partial charge on any atom is 0.327 e. The van der Waals surface area contributed by atoms with Gasteiger partial charge in [-0.1, -0.05) is 18.2 Å². The predicted octanol–water partition coefficient (Wildman–Crippen LogP) is 0.0469. The van der Waals surface area contributed by atoms with Crippen molar-refractivity contribution in [3.8, 4) is 5.75 Å². The van der Waals surface area contributed by atoms with Crippen molar-refractivity contribution in [1.82, 2.24) is 16.2 Å². The van der Waals surface area contributed by atoms with E-state index >= 15 is 0 Å². The Morgan fingerprint density at radius 1 is 1.04 bits per heavy atom. The predicted molar refractivity (Wildman–Crippen MR) is 81.4 cm³/mol. The number of carbonyl (C=O) groups excluding carboxylic acids is 3. The molecule has 1 aromatic carbocycles. The van der Waals surface area contributed by atoms with E-state index in [2.05, 4.69) is 16.2 Å². The SMILES string of the molecule is O=C(NCc1ccco1)C(=O)NNC(=O)[C@H]1Cc2ccccc2O1. The van der Waals surface area contributed by atoms with Gasteiger partial charge in [0.1, 0.15) is 11.5 Å². The number of fused-ring (bicyclic) bond motifs is 1. The van der Waals surface area contributed by atoms with E-state index in [1.165, 1.54) is 6.26 Å². The quantitative estimate of drug-likeness (QED) is 0.544. The first-order chi connectivity index (χ1) is 11.6. The molecule has 8 nitrogen and oxygen atoms in total. The number of amides is 3. The molecule has 8 heteroatoms. The smallest absolute Gasteiger partial charge is 0.327 e. The van der Waals surface area contributed by atoms with E-state index in [0.717, 1.165) is 5.56 Å². The Morgan fingerprint density at radius 2 is 1.88 bits per heavy atom. The molecule has 0 radical (unpaired) electrons. The zero-order valence-electron chi connectivity index (χ0n) is 12.6. The van der Waals surface area contributed by atoms with E-state index in [9.17, 15) is 14.4 Å². The van der Waals surface area contributed by atoms with Gasteiger partial charge in [0.2, 0.25) is 0 Å². The van der Waals surface area contributed by atoms with Crippen LogP contribution in [0.3, 0.4) is 0 Å². The molecule has 2 aromatic rings. The lowest BCUT2D eigenvalue weighted by atomic mass is 10.1. The van der Waals surface area contributed by atoms with E-state index in [1.54, 1.807) is 18.2 Å². The van der Waals surface area contributed by atoms with Crippen LogP contribution < -0.4 is 20.9 Å². The Morgan fingerprint density at radius 3 is 2.62 bits per heavy atom. The van der Waals surface area contributed by atoms with Crippen LogP contribution in [0.2, 0.25) is 0 Å². The van der Waals surface area contributed by atoms with E-state index in [0.29, 0.717) is 17.9 Å². The average molecular weight is 329 g/mol. The third-order valence-electron chi connectivity index (χ3n) is 3.45. The van der Waals surface area contributed by atoms with Crippen LogP contribution in [-0.4, -0.2) is 23.8 Å². The number of nitrogens with one attached hydrogen (secondary N) is 3. The summed E-state index contributed by atoms with van der Waals surface area (Å²) in [6.45, 7) is 0.0776. The van der Waals surface area contributed by atoms with E-state index in [-0.39, 0.29) is 6.54 Å². The van der Waals surface area contributed by atoms with Crippen LogP contribution in [0, 0.1) is 0 Å². The fourth-order valence-corrected chi connectivity index (χ4v) is 2.24. The lowest BCUT2D eigenvalue weighted by molar-refractivity contribution is -0.141. The molecule has 3 rings (SSSR count). The van der Waals surface area contributed by atoms with Crippen molar-refractivity contribution in [3.63, 3.8) is 0 Å². The lowest BCUT2D eigenvalue weighted by Gasteiger charge is -2.12. The second kappa shape index (κ2) is 6.86. The third-order valence-corrected chi connectivity index (χ3v) is 3.45. The van der Waals surface area contributed by atoms with Gasteiger partial charge in [-0.15, -0.1) is 0 Å². The highest BCUT2D eigenvalue weighted by Gasteiger charge is 2.29. The number of carbonyl (C=O) groups is 3. The van der Waals surface area contributed by atoms with Gasteiger partial charge in [0.25, 0.3) is 5.91 Å². The van der Waals surface area contributed by atoms with Crippen LogP contribution in [-0.2, 0) is 27.3 Å². The summed E-state index contributed by atoms with van der Waals surface area (Å²) in [6, 6.07) is 10.6. The molecule has 0 saturated carbocycles. The maximum absolute atomic E-state index is 12.0. The average Bonchev–Trinajstić information content (AvgIpc) is 3.26. The highest BCUT2D eigenvalue weighted by Crippen LogP contribution is 2.27. The summed E-state index contributed by atoms with van der Waals surface area (Å²) in [5.74, 6) is -1.25. The van der Waals surface area contributed by atoms with Gasteiger partial charge in [0, 0.05) is 6.42 Å². The number of hydrogen-bond acceptors (Lipinski definition) is 5. The van der Waals surface area contributed by atoms with Crippen LogP contribution in [0.25, 0.3) is 0 Å². The van der Waals surface area contributed by atoms with Crippen LogP contribution in [0.5, 0.6) is 5.75 Å². The molecule has 3 amide bonds. The Balaban J connectivity index is 1.43. The van der Waals surface area contributed by atoms with Gasteiger partial charge in [0.05, 0.1) is 12.8 Å². The molecule has 1 aliphatic rings. The number of hydrogen-bond donors (Lipinski definition) is 3. The standard InChI is InChI=1S/C16H15N3O5/c20-14(13-8-10-4-1-2-6-12(10)24-13)18-19-16(22)15(21)17-9-11-5-3-7-23-11/h1-7,13H,8-9H2,(H,17,21)(H,18,20)(H,19,22)/t13-/m1/s1. The first kappa shape index (κ1) is 15.6. The Kier molecular flexibility index (Phi) is 4.46. The molecule has 1 aliphatic heterocycles. The Labute approximate surface area is 137 Å². The molecule has 0 unspecified atom stereocenters. The Bertz CT molecular complexity index is 732. The maximum atomic E-state index is 12.0. The van der Waals surface area contributed by atoms with Crippen molar-refractivity contribution in [2.24, 2.45) is 0 Å². The molecular weight excluding hydrogens is 314 g/mol. The van der Waals surface area contributed by atoms with Gasteiger partial charge in [-0.3, -0.25) is 25.2 Å². The van der Waals surface area contributed by atoms with Crippen molar-refractivity contribution >= 4 is 17.7 Å². The Hall–Kier alpha value is -3.29. The summed E-state index contributed by atoms with van der Waals surface area (Å²) in [5.41, 5.74) is 5.16. The molecule has 0 aliphatic carbocycles. The normalized spacial score (nSPS) is 15.1. The van der Waals surface area contributed by atoms with Crippen molar-refractivity contribution in [2.45, 2.75) is 19.1 Å². The van der Waals surface area contributed by atoms with E-state index in [1.807, 2.05) is 18.2 Å². The molecule has 3 N–H and O–H groups in total. The van der Waals surface area contributed by atoms with E-state index < -0.39 is 23.8 Å². The minimum Gasteiger partial charge on any atom is -0.480 e. The number of para-hydroxylation sites is 1. The first-order valence-corrected chi connectivity index (χ1v) is 7.28. The van der Waals surface area contributed by atoms with Gasteiger partial charge in [-0.05, 0) is 23.8 Å². The number of hydrazine groups is 1. The minimum atomic E-state index is -0.981. The molecule has 0 spiro atoms. The van der Waals surface area contributed by atoms with Gasteiger partial charge in [-0.25, -0.2) is 0 Å². The summed E-state index contributed by atoms with van der Waals surface area (Å²) in [6.07, 6.45) is 1.12.